The largest absolute Gasteiger partial charge is 0.475 e. The van der Waals surface area contributed by atoms with E-state index in [0.717, 1.165) is 6.42 Å². The van der Waals surface area contributed by atoms with Gasteiger partial charge in [0.05, 0.1) is 11.8 Å². The van der Waals surface area contributed by atoms with Crippen LogP contribution in [0.1, 0.15) is 20.3 Å². The second-order valence-corrected chi connectivity index (χ2v) is 5.07. The summed E-state index contributed by atoms with van der Waals surface area (Å²) in [5.74, 6) is 1.16. The Kier molecular flexibility index (Phi) is 4.18. The zero-order chi connectivity index (χ0) is 16.2. The van der Waals surface area contributed by atoms with Gasteiger partial charge in [-0.25, -0.2) is 4.98 Å². The summed E-state index contributed by atoms with van der Waals surface area (Å²) in [4.78, 5) is 22.5. The van der Waals surface area contributed by atoms with Gasteiger partial charge in [0.2, 0.25) is 17.3 Å². The van der Waals surface area contributed by atoms with Gasteiger partial charge in [-0.05, 0) is 25.5 Å². The smallest absolute Gasteiger partial charge is 0.258 e. The zero-order valence-corrected chi connectivity index (χ0v) is 12.8. The van der Waals surface area contributed by atoms with Crippen molar-refractivity contribution in [3.05, 3.63) is 46.9 Å². The number of hydrogen-bond donors (Lipinski definition) is 1. The molecule has 3 aromatic heterocycles. The highest BCUT2D eigenvalue weighted by molar-refractivity contribution is 5.57. The Labute approximate surface area is 132 Å². The van der Waals surface area contributed by atoms with Crippen LogP contribution in [0, 0.1) is 0 Å². The minimum absolute atomic E-state index is 0.0744. The van der Waals surface area contributed by atoms with E-state index in [1.54, 1.807) is 30.5 Å². The molecule has 1 N–H and O–H groups in total. The highest BCUT2D eigenvalue weighted by Gasteiger charge is 2.13. The molecule has 0 aliphatic rings. The molecule has 3 rings (SSSR count). The summed E-state index contributed by atoms with van der Waals surface area (Å²) in [7, 11) is 0. The van der Waals surface area contributed by atoms with Crippen LogP contribution in [0.4, 0.5) is 0 Å². The standard InChI is InChI=1S/C16H16N4O3/c1-3-10(2)22-14-9-11(7-8-17-14)16-19-15(20-23-16)12-5-4-6-13(21)18-12/h4-10H,3H2,1-2H3,(H,18,21). The fourth-order valence-electron chi connectivity index (χ4n) is 1.92. The molecule has 0 aromatic carbocycles. The van der Waals surface area contributed by atoms with E-state index in [2.05, 4.69) is 20.1 Å². The molecule has 118 valence electrons. The average Bonchev–Trinajstić information content (AvgIpc) is 3.05. The lowest BCUT2D eigenvalue weighted by molar-refractivity contribution is 0.208. The highest BCUT2D eigenvalue weighted by atomic mass is 16.5. The fraction of sp³-hybridized carbons (Fsp3) is 0.250. The molecule has 1 atom stereocenters. The number of nitrogens with zero attached hydrogens (tertiary/aromatic N) is 3. The number of ether oxygens (including phenoxy) is 1. The van der Waals surface area contributed by atoms with Crippen molar-refractivity contribution < 1.29 is 9.26 Å². The molecule has 0 aliphatic carbocycles. The van der Waals surface area contributed by atoms with Crippen LogP contribution in [0.2, 0.25) is 0 Å². The number of rotatable bonds is 5. The van der Waals surface area contributed by atoms with Crippen LogP contribution in [0.15, 0.2) is 45.8 Å². The maximum absolute atomic E-state index is 11.3. The van der Waals surface area contributed by atoms with Crippen molar-refractivity contribution in [3.8, 4) is 28.9 Å². The summed E-state index contributed by atoms with van der Waals surface area (Å²) in [5, 5.41) is 3.89. The molecular formula is C16H16N4O3. The van der Waals surface area contributed by atoms with E-state index < -0.39 is 0 Å². The first-order valence-corrected chi connectivity index (χ1v) is 7.32. The summed E-state index contributed by atoms with van der Waals surface area (Å²) in [6.07, 6.45) is 2.59. The maximum Gasteiger partial charge on any atom is 0.258 e. The molecule has 23 heavy (non-hydrogen) atoms. The third-order valence-electron chi connectivity index (χ3n) is 3.31. The Morgan fingerprint density at radius 2 is 2.22 bits per heavy atom. The maximum atomic E-state index is 11.3. The molecule has 0 saturated heterocycles. The lowest BCUT2D eigenvalue weighted by Gasteiger charge is -2.11. The van der Waals surface area contributed by atoms with Crippen molar-refractivity contribution >= 4 is 0 Å². The Morgan fingerprint density at radius 3 is 3.00 bits per heavy atom. The van der Waals surface area contributed by atoms with Gasteiger partial charge in [-0.3, -0.25) is 4.79 Å². The number of pyridine rings is 2. The lowest BCUT2D eigenvalue weighted by atomic mass is 10.2. The number of H-pyrrole nitrogens is 1. The molecule has 3 heterocycles. The first-order chi connectivity index (χ1) is 11.2. The molecular weight excluding hydrogens is 296 g/mol. The van der Waals surface area contributed by atoms with E-state index in [0.29, 0.717) is 28.9 Å². The van der Waals surface area contributed by atoms with Gasteiger partial charge in [0, 0.05) is 23.9 Å². The van der Waals surface area contributed by atoms with Crippen molar-refractivity contribution in [1.82, 2.24) is 20.1 Å². The van der Waals surface area contributed by atoms with Crippen LogP contribution in [0.3, 0.4) is 0 Å². The third kappa shape index (κ3) is 3.45. The second kappa shape index (κ2) is 6.43. The van der Waals surface area contributed by atoms with Crippen molar-refractivity contribution in [2.45, 2.75) is 26.4 Å². The Balaban J connectivity index is 1.88. The molecule has 0 fully saturated rings. The molecule has 0 saturated carbocycles. The monoisotopic (exact) mass is 312 g/mol. The van der Waals surface area contributed by atoms with Gasteiger partial charge in [-0.15, -0.1) is 0 Å². The normalized spacial score (nSPS) is 12.1. The third-order valence-corrected chi connectivity index (χ3v) is 3.31. The van der Waals surface area contributed by atoms with E-state index in [4.69, 9.17) is 9.26 Å². The molecule has 7 nitrogen and oxygen atoms in total. The van der Waals surface area contributed by atoms with Crippen molar-refractivity contribution in [2.24, 2.45) is 0 Å². The fourth-order valence-corrected chi connectivity index (χ4v) is 1.92. The molecule has 0 spiro atoms. The van der Waals surface area contributed by atoms with E-state index in [1.807, 2.05) is 13.8 Å². The SMILES string of the molecule is CCC(C)Oc1cc(-c2nc(-c3cccc(=O)[nH]3)no2)ccn1. The van der Waals surface area contributed by atoms with E-state index in [-0.39, 0.29) is 11.7 Å². The van der Waals surface area contributed by atoms with Gasteiger partial charge in [0.25, 0.3) is 5.89 Å². The van der Waals surface area contributed by atoms with Gasteiger partial charge in [0.1, 0.15) is 0 Å². The average molecular weight is 312 g/mol. The number of aromatic nitrogens is 4. The lowest BCUT2D eigenvalue weighted by Crippen LogP contribution is -2.10. The molecule has 0 radical (unpaired) electrons. The van der Waals surface area contributed by atoms with Crippen molar-refractivity contribution in [3.63, 3.8) is 0 Å². The quantitative estimate of drug-likeness (QED) is 0.778. The minimum atomic E-state index is -0.220. The molecule has 0 amide bonds. The topological polar surface area (TPSA) is 93.9 Å². The summed E-state index contributed by atoms with van der Waals surface area (Å²) in [6, 6.07) is 8.27. The van der Waals surface area contributed by atoms with Crippen LogP contribution in [-0.2, 0) is 0 Å². The van der Waals surface area contributed by atoms with Crippen LogP contribution in [-0.4, -0.2) is 26.2 Å². The summed E-state index contributed by atoms with van der Waals surface area (Å²) in [6.45, 7) is 4.02. The molecule has 0 aliphatic heterocycles. The predicted molar refractivity (Wildman–Crippen MR) is 84.0 cm³/mol. The summed E-state index contributed by atoms with van der Waals surface area (Å²) in [5.41, 5.74) is 0.981. The van der Waals surface area contributed by atoms with Gasteiger partial charge < -0.3 is 14.2 Å². The Hall–Kier alpha value is -2.96. The van der Waals surface area contributed by atoms with Gasteiger partial charge in [-0.2, -0.15) is 4.98 Å². The molecule has 0 bridgehead atoms. The van der Waals surface area contributed by atoms with Gasteiger partial charge in [0.15, 0.2) is 0 Å². The first-order valence-electron chi connectivity index (χ1n) is 7.32. The van der Waals surface area contributed by atoms with Crippen molar-refractivity contribution in [2.75, 3.05) is 0 Å². The molecule has 7 heteroatoms. The second-order valence-electron chi connectivity index (χ2n) is 5.07. The summed E-state index contributed by atoms with van der Waals surface area (Å²) >= 11 is 0. The van der Waals surface area contributed by atoms with E-state index >= 15 is 0 Å². The highest BCUT2D eigenvalue weighted by Crippen LogP contribution is 2.23. The van der Waals surface area contributed by atoms with E-state index in [9.17, 15) is 4.79 Å². The minimum Gasteiger partial charge on any atom is -0.475 e. The zero-order valence-electron chi connectivity index (χ0n) is 12.8. The van der Waals surface area contributed by atoms with Gasteiger partial charge in [-0.1, -0.05) is 18.1 Å². The number of nitrogens with one attached hydrogen (secondary N) is 1. The molecule has 1 unspecified atom stereocenters. The van der Waals surface area contributed by atoms with Crippen LogP contribution in [0.25, 0.3) is 23.0 Å². The Morgan fingerprint density at radius 1 is 1.35 bits per heavy atom. The van der Waals surface area contributed by atoms with Crippen LogP contribution < -0.4 is 10.3 Å². The Bertz CT molecular complexity index is 856. The van der Waals surface area contributed by atoms with E-state index in [1.165, 1.54) is 6.07 Å². The predicted octanol–water partition coefficient (Wildman–Crippen LogP) is 2.66. The number of hydrogen-bond acceptors (Lipinski definition) is 6. The van der Waals surface area contributed by atoms with Gasteiger partial charge >= 0.3 is 0 Å². The van der Waals surface area contributed by atoms with Crippen LogP contribution in [0.5, 0.6) is 5.88 Å². The van der Waals surface area contributed by atoms with Crippen molar-refractivity contribution in [1.29, 1.82) is 0 Å². The number of aromatic amines is 1. The molecule has 3 aromatic rings. The van der Waals surface area contributed by atoms with Crippen LogP contribution >= 0.6 is 0 Å². The summed E-state index contributed by atoms with van der Waals surface area (Å²) < 4.78 is 10.9. The first kappa shape index (κ1) is 15.0.